The Kier molecular flexibility index (Phi) is 3.28. The summed E-state index contributed by atoms with van der Waals surface area (Å²) in [5.41, 5.74) is 1.13. The van der Waals surface area contributed by atoms with Gasteiger partial charge in [-0.05, 0) is 19.9 Å². The van der Waals surface area contributed by atoms with Crippen molar-refractivity contribution in [1.29, 1.82) is 0 Å². The molecule has 0 N–H and O–H groups in total. The number of nitrogens with zero attached hydrogens (tertiary/aromatic N) is 1. The molecule has 22 heavy (non-hydrogen) atoms. The minimum Gasteiger partial charge on any atom is -0.548 e. The van der Waals surface area contributed by atoms with Gasteiger partial charge in [-0.15, -0.1) is 11.8 Å². The second-order valence-corrected chi connectivity index (χ2v) is 7.51. The molecule has 1 aromatic carbocycles. The Balaban J connectivity index is 2.17. The zero-order valence-corrected chi connectivity index (χ0v) is 13.5. The first kappa shape index (κ1) is 15.0. The summed E-state index contributed by atoms with van der Waals surface area (Å²) in [5, 5.41) is 11.2. The van der Waals surface area contributed by atoms with Crippen LogP contribution < -0.4 is 14.6 Å². The monoisotopic (exact) mass is 322 g/mol. The van der Waals surface area contributed by atoms with Gasteiger partial charge >= 0.3 is 0 Å². The molecule has 118 valence electrons. The molecule has 1 fully saturated rings. The minimum absolute atomic E-state index is 0.343. The van der Waals surface area contributed by atoms with Crippen LogP contribution in [0.4, 0.5) is 0 Å². The average Bonchev–Trinajstić information content (AvgIpc) is 2.88. The summed E-state index contributed by atoms with van der Waals surface area (Å²) < 4.78 is 9.91. The quantitative estimate of drug-likeness (QED) is 0.819. The van der Waals surface area contributed by atoms with Gasteiger partial charge in [-0.3, -0.25) is 4.79 Å². The second-order valence-electron chi connectivity index (χ2n) is 5.77. The van der Waals surface area contributed by atoms with Crippen molar-refractivity contribution in [2.24, 2.45) is 0 Å². The average molecular weight is 322 g/mol. The van der Waals surface area contributed by atoms with Crippen LogP contribution in [-0.2, 0) is 4.79 Å². The van der Waals surface area contributed by atoms with Gasteiger partial charge in [0, 0.05) is 10.3 Å². The third-order valence-electron chi connectivity index (χ3n) is 4.12. The summed E-state index contributed by atoms with van der Waals surface area (Å²) in [5.74, 6) is -0.810. The highest BCUT2D eigenvalue weighted by molar-refractivity contribution is 8.01. The maximum absolute atomic E-state index is 12.8. The van der Waals surface area contributed by atoms with Crippen LogP contribution in [0.15, 0.2) is 12.1 Å². The van der Waals surface area contributed by atoms with Crippen molar-refractivity contribution in [2.45, 2.75) is 30.0 Å². The Morgan fingerprint density at radius 3 is 2.55 bits per heavy atom. The summed E-state index contributed by atoms with van der Waals surface area (Å²) >= 11 is 1.44. The number of rotatable bonds is 3. The van der Waals surface area contributed by atoms with Gasteiger partial charge in [-0.2, -0.15) is 0 Å². The Bertz CT molecular complexity index is 672. The van der Waals surface area contributed by atoms with Crippen LogP contribution in [0.2, 0.25) is 0 Å². The van der Waals surface area contributed by atoms with Crippen LogP contribution in [-0.4, -0.2) is 41.8 Å². The van der Waals surface area contributed by atoms with Crippen LogP contribution in [0, 0.1) is 0 Å². The molecule has 0 unspecified atom stereocenters. The molecule has 0 saturated carbocycles. The Hall–Kier alpha value is -1.89. The number of thioether (sulfide) groups is 1. The van der Waals surface area contributed by atoms with Crippen LogP contribution in [0.1, 0.15) is 35.1 Å². The van der Waals surface area contributed by atoms with E-state index in [1.165, 1.54) is 30.9 Å². The number of ether oxygens (including phenoxy) is 2. The molecule has 7 heteroatoms. The Labute approximate surface area is 132 Å². The maximum Gasteiger partial charge on any atom is 0.259 e. The highest BCUT2D eigenvalue weighted by Gasteiger charge is 2.56. The van der Waals surface area contributed by atoms with Gasteiger partial charge in [-0.25, -0.2) is 0 Å². The van der Waals surface area contributed by atoms with Crippen molar-refractivity contribution in [3.63, 3.8) is 0 Å². The van der Waals surface area contributed by atoms with E-state index < -0.39 is 16.8 Å². The van der Waals surface area contributed by atoms with E-state index in [0.717, 1.165) is 5.56 Å². The summed E-state index contributed by atoms with van der Waals surface area (Å²) in [4.78, 5) is 25.8. The van der Waals surface area contributed by atoms with E-state index in [0.29, 0.717) is 17.1 Å². The first-order valence-corrected chi connectivity index (χ1v) is 7.67. The normalized spacial score (nSPS) is 24.9. The van der Waals surface area contributed by atoms with E-state index in [1.807, 2.05) is 13.8 Å². The fourth-order valence-corrected chi connectivity index (χ4v) is 4.78. The molecule has 0 spiro atoms. The van der Waals surface area contributed by atoms with Crippen molar-refractivity contribution >= 4 is 23.6 Å². The summed E-state index contributed by atoms with van der Waals surface area (Å²) in [6.07, 6.45) is 0. The molecule has 0 bridgehead atoms. The standard InChI is InChI=1S/C15H17NO5S/c1-15(2)11(14(18)19)16-12(17)9-7(13(16)22-15)5-6-8(20-3)10(9)21-4/h5-6,11,13H,1-4H3,(H,18,19)/p-1/t11-,13-/m1/s1. The van der Waals surface area contributed by atoms with Gasteiger partial charge in [0.25, 0.3) is 5.91 Å². The van der Waals surface area contributed by atoms with E-state index in [-0.39, 0.29) is 11.3 Å². The number of aliphatic carboxylic acids is 1. The summed E-state index contributed by atoms with van der Waals surface area (Å²) in [6.45, 7) is 3.62. The number of methoxy groups -OCH3 is 2. The SMILES string of the molecule is COc1ccc2c(c1OC)C(=O)N1[C@@H]2SC(C)(C)[C@H]1C(=O)[O-]. The number of hydrogen-bond acceptors (Lipinski definition) is 6. The fourth-order valence-electron chi connectivity index (χ4n) is 3.21. The molecule has 1 saturated heterocycles. The number of amides is 1. The maximum atomic E-state index is 12.8. The first-order chi connectivity index (χ1) is 10.3. The molecule has 3 rings (SSSR count). The first-order valence-electron chi connectivity index (χ1n) is 6.79. The van der Waals surface area contributed by atoms with E-state index in [4.69, 9.17) is 9.47 Å². The number of benzene rings is 1. The number of fused-ring (bicyclic) bond motifs is 3. The van der Waals surface area contributed by atoms with E-state index in [2.05, 4.69) is 0 Å². The molecule has 0 radical (unpaired) electrons. The predicted octanol–water partition coefficient (Wildman–Crippen LogP) is 0.802. The number of carboxylic acids is 1. The van der Waals surface area contributed by atoms with Crippen LogP contribution >= 0.6 is 11.8 Å². The summed E-state index contributed by atoms with van der Waals surface area (Å²) in [6, 6.07) is 2.53. The lowest BCUT2D eigenvalue weighted by molar-refractivity contribution is -0.311. The van der Waals surface area contributed by atoms with Gasteiger partial charge in [0.05, 0.1) is 31.8 Å². The number of hydrogen-bond donors (Lipinski definition) is 0. The van der Waals surface area contributed by atoms with Gasteiger partial charge in [0.15, 0.2) is 11.5 Å². The lowest BCUT2D eigenvalue weighted by Crippen LogP contribution is -2.53. The third kappa shape index (κ3) is 1.81. The Morgan fingerprint density at radius 2 is 2.00 bits per heavy atom. The topological polar surface area (TPSA) is 78.9 Å². The molecule has 0 aliphatic carbocycles. The molecular weight excluding hydrogens is 306 g/mol. The van der Waals surface area contributed by atoms with Crippen molar-refractivity contribution in [3.8, 4) is 11.5 Å². The second kappa shape index (κ2) is 4.81. The molecule has 1 amide bonds. The molecule has 2 heterocycles. The number of carboxylic acid groups (broad SMARTS) is 1. The summed E-state index contributed by atoms with van der Waals surface area (Å²) in [7, 11) is 2.95. The predicted molar refractivity (Wildman–Crippen MR) is 78.9 cm³/mol. The van der Waals surface area contributed by atoms with Crippen molar-refractivity contribution in [1.82, 2.24) is 4.90 Å². The van der Waals surface area contributed by atoms with Crippen LogP contribution in [0.25, 0.3) is 0 Å². The molecule has 2 aliphatic rings. The van der Waals surface area contributed by atoms with Crippen LogP contribution in [0.5, 0.6) is 11.5 Å². The number of carbonyl (C=O) groups is 2. The fraction of sp³-hybridized carbons (Fsp3) is 0.467. The zero-order valence-electron chi connectivity index (χ0n) is 12.7. The molecule has 0 aromatic heterocycles. The van der Waals surface area contributed by atoms with Crippen molar-refractivity contribution in [3.05, 3.63) is 23.3 Å². The van der Waals surface area contributed by atoms with Gasteiger partial charge in [-0.1, -0.05) is 6.07 Å². The Morgan fingerprint density at radius 1 is 1.32 bits per heavy atom. The lowest BCUT2D eigenvalue weighted by atomic mass is 10.0. The van der Waals surface area contributed by atoms with Crippen molar-refractivity contribution < 1.29 is 24.2 Å². The lowest BCUT2D eigenvalue weighted by Gasteiger charge is -2.31. The largest absolute Gasteiger partial charge is 0.548 e. The van der Waals surface area contributed by atoms with Crippen molar-refractivity contribution in [2.75, 3.05) is 14.2 Å². The van der Waals surface area contributed by atoms with Gasteiger partial charge in [0.2, 0.25) is 0 Å². The third-order valence-corrected chi connectivity index (χ3v) is 5.66. The number of carbonyl (C=O) groups excluding carboxylic acids is 2. The molecule has 2 aliphatic heterocycles. The minimum atomic E-state index is -1.24. The van der Waals surface area contributed by atoms with E-state index in [9.17, 15) is 14.7 Å². The van der Waals surface area contributed by atoms with Gasteiger partial charge in [0.1, 0.15) is 5.37 Å². The van der Waals surface area contributed by atoms with E-state index in [1.54, 1.807) is 12.1 Å². The van der Waals surface area contributed by atoms with E-state index >= 15 is 0 Å². The molecular formula is C15H16NO5S-. The highest BCUT2D eigenvalue weighted by atomic mass is 32.2. The zero-order chi connectivity index (χ0) is 16.2. The van der Waals surface area contributed by atoms with Crippen LogP contribution in [0.3, 0.4) is 0 Å². The van der Waals surface area contributed by atoms with Gasteiger partial charge < -0.3 is 24.3 Å². The smallest absolute Gasteiger partial charge is 0.259 e. The highest BCUT2D eigenvalue weighted by Crippen LogP contribution is 2.58. The molecule has 2 atom stereocenters. The molecule has 6 nitrogen and oxygen atoms in total. The molecule has 1 aromatic rings.